The molecule has 0 aromatic heterocycles. The van der Waals surface area contributed by atoms with Crippen LogP contribution >= 0.6 is 0 Å². The summed E-state index contributed by atoms with van der Waals surface area (Å²) in [6, 6.07) is -0.552. The van der Waals surface area contributed by atoms with Gasteiger partial charge >= 0.3 is 5.97 Å². The highest BCUT2D eigenvalue weighted by Crippen LogP contribution is 2.17. The van der Waals surface area contributed by atoms with Crippen molar-refractivity contribution in [2.24, 2.45) is 0 Å². The van der Waals surface area contributed by atoms with Crippen molar-refractivity contribution in [2.75, 3.05) is 13.2 Å². The van der Waals surface area contributed by atoms with Crippen molar-refractivity contribution in [3.8, 4) is 0 Å². The topological polar surface area (TPSA) is 95.9 Å². The second-order valence-corrected chi connectivity index (χ2v) is 20.0. The number of rotatable bonds is 54. The number of ether oxygens (including phenoxy) is 1. The summed E-state index contributed by atoms with van der Waals surface area (Å²) in [6.45, 7) is 4.94. The third-order valence-electron chi connectivity index (χ3n) is 13.6. The largest absolute Gasteiger partial charge is 0.466 e. The maximum absolute atomic E-state index is 12.5. The molecule has 380 valence electrons. The smallest absolute Gasteiger partial charge is 0.305 e. The fourth-order valence-corrected chi connectivity index (χ4v) is 9.11. The summed E-state index contributed by atoms with van der Waals surface area (Å²) in [6.07, 6.45) is 63.4. The van der Waals surface area contributed by atoms with Crippen LogP contribution in [0.4, 0.5) is 0 Å². The summed E-state index contributed by atoms with van der Waals surface area (Å²) in [5, 5.41) is 23.3. The quantitative estimate of drug-likeness (QED) is 0.0321. The van der Waals surface area contributed by atoms with E-state index in [4.69, 9.17) is 4.74 Å². The number of aliphatic hydroxyl groups excluding tert-OH is 2. The third kappa shape index (κ3) is 50.0. The molecule has 2 atom stereocenters. The second kappa shape index (κ2) is 54.2. The van der Waals surface area contributed by atoms with Crippen molar-refractivity contribution in [3.63, 3.8) is 0 Å². The number of hydrogen-bond acceptors (Lipinski definition) is 5. The minimum atomic E-state index is -0.673. The van der Waals surface area contributed by atoms with Crippen LogP contribution in [0.3, 0.4) is 0 Å². The van der Waals surface area contributed by atoms with E-state index in [0.29, 0.717) is 25.9 Å². The van der Waals surface area contributed by atoms with E-state index in [1.54, 1.807) is 0 Å². The van der Waals surface area contributed by atoms with Crippen molar-refractivity contribution in [1.82, 2.24) is 5.32 Å². The van der Waals surface area contributed by atoms with E-state index in [9.17, 15) is 19.8 Å². The Morgan fingerprint density at radius 3 is 1.11 bits per heavy atom. The number of esters is 1. The number of amides is 1. The summed E-state index contributed by atoms with van der Waals surface area (Å²) >= 11 is 0. The Morgan fingerprint density at radius 2 is 0.734 bits per heavy atom. The molecule has 0 aliphatic heterocycles. The predicted octanol–water partition coefficient (Wildman–Crippen LogP) is 17.7. The van der Waals surface area contributed by atoms with Crippen LogP contribution in [0, 0.1) is 0 Å². The number of allylic oxidation sites excluding steroid dienone is 2. The van der Waals surface area contributed by atoms with E-state index in [2.05, 4.69) is 31.3 Å². The van der Waals surface area contributed by atoms with Gasteiger partial charge in [0.2, 0.25) is 5.91 Å². The van der Waals surface area contributed by atoms with Crippen LogP contribution in [0.2, 0.25) is 0 Å². The molecule has 64 heavy (non-hydrogen) atoms. The zero-order valence-corrected chi connectivity index (χ0v) is 43.3. The van der Waals surface area contributed by atoms with Crippen LogP contribution in [0.15, 0.2) is 12.2 Å². The van der Waals surface area contributed by atoms with E-state index in [-0.39, 0.29) is 18.5 Å². The normalized spacial score (nSPS) is 12.6. The lowest BCUT2D eigenvalue weighted by molar-refractivity contribution is -0.143. The summed E-state index contributed by atoms with van der Waals surface area (Å²) in [5.41, 5.74) is 0. The van der Waals surface area contributed by atoms with Gasteiger partial charge in [-0.05, 0) is 51.4 Å². The van der Waals surface area contributed by atoms with Crippen molar-refractivity contribution < 1.29 is 24.5 Å². The van der Waals surface area contributed by atoms with Gasteiger partial charge in [0.15, 0.2) is 0 Å². The van der Waals surface area contributed by atoms with Crippen molar-refractivity contribution in [3.05, 3.63) is 12.2 Å². The number of carbonyl (C=O) groups is 2. The van der Waals surface area contributed by atoms with Crippen molar-refractivity contribution >= 4 is 11.9 Å². The molecule has 0 saturated carbocycles. The second-order valence-electron chi connectivity index (χ2n) is 20.0. The molecule has 0 rings (SSSR count). The van der Waals surface area contributed by atoms with Crippen LogP contribution in [0.5, 0.6) is 0 Å². The first-order valence-electron chi connectivity index (χ1n) is 28.9. The molecule has 0 spiro atoms. The first-order valence-corrected chi connectivity index (χ1v) is 28.9. The molecule has 2 unspecified atom stereocenters. The van der Waals surface area contributed by atoms with Crippen LogP contribution in [-0.2, 0) is 14.3 Å². The van der Waals surface area contributed by atoms with E-state index in [0.717, 1.165) is 70.6 Å². The minimum absolute atomic E-state index is 0.00595. The molecular weight excluding hydrogens is 791 g/mol. The molecule has 0 aromatic rings. The lowest BCUT2D eigenvalue weighted by Gasteiger charge is -2.22. The monoisotopic (exact) mass is 904 g/mol. The average molecular weight is 905 g/mol. The minimum Gasteiger partial charge on any atom is -0.466 e. The molecule has 0 aromatic carbocycles. The average Bonchev–Trinajstić information content (AvgIpc) is 3.29. The number of aliphatic hydroxyl groups is 2. The van der Waals surface area contributed by atoms with Crippen LogP contribution in [0.25, 0.3) is 0 Å². The van der Waals surface area contributed by atoms with Gasteiger partial charge in [0.25, 0.3) is 0 Å². The van der Waals surface area contributed by atoms with Gasteiger partial charge < -0.3 is 20.3 Å². The van der Waals surface area contributed by atoms with Gasteiger partial charge in [-0.15, -0.1) is 0 Å². The maximum Gasteiger partial charge on any atom is 0.305 e. The SMILES string of the molecule is CCCCCCCCCCCCCCCCCCC(=O)OCCCCCC/C=C\CCCCCCCCCC(=O)NC(CO)C(O)CCCCCCCCCCCCCCCCCC. The summed E-state index contributed by atoms with van der Waals surface area (Å²) in [5.74, 6) is -0.0537. The van der Waals surface area contributed by atoms with Gasteiger partial charge in [-0.1, -0.05) is 270 Å². The van der Waals surface area contributed by atoms with E-state index < -0.39 is 12.1 Å². The standard InChI is InChI=1S/C58H113NO5/c1-3-5-7-9-11-13-15-17-19-22-26-30-34-38-42-46-50-56(61)55(54-60)59-57(62)51-47-43-39-35-31-27-23-21-25-29-33-37-41-45-49-53-64-58(63)52-48-44-40-36-32-28-24-20-18-16-14-12-10-8-6-4-2/h25,29,55-56,60-61H,3-24,26-28,30-54H2,1-2H3,(H,59,62)/b29-25-. The number of carbonyl (C=O) groups excluding carboxylic acids is 2. The molecule has 0 fully saturated rings. The van der Waals surface area contributed by atoms with Gasteiger partial charge in [0.1, 0.15) is 0 Å². The molecule has 3 N–H and O–H groups in total. The Morgan fingerprint density at radius 1 is 0.422 bits per heavy atom. The Balaban J connectivity index is 3.45. The fraction of sp³-hybridized carbons (Fsp3) is 0.931. The lowest BCUT2D eigenvalue weighted by atomic mass is 10.0. The molecule has 0 saturated heterocycles. The summed E-state index contributed by atoms with van der Waals surface area (Å²) in [4.78, 5) is 24.5. The summed E-state index contributed by atoms with van der Waals surface area (Å²) in [7, 11) is 0. The third-order valence-corrected chi connectivity index (χ3v) is 13.6. The predicted molar refractivity (Wildman–Crippen MR) is 278 cm³/mol. The fourth-order valence-electron chi connectivity index (χ4n) is 9.11. The van der Waals surface area contributed by atoms with Crippen molar-refractivity contribution in [1.29, 1.82) is 0 Å². The van der Waals surface area contributed by atoms with Crippen molar-refractivity contribution in [2.45, 2.75) is 334 Å². The first-order chi connectivity index (χ1) is 31.5. The summed E-state index contributed by atoms with van der Waals surface area (Å²) < 4.78 is 5.47. The molecular formula is C58H113NO5. The molecule has 0 radical (unpaired) electrons. The Bertz CT molecular complexity index is 955. The van der Waals surface area contributed by atoms with E-state index in [1.165, 1.54) is 218 Å². The molecule has 6 nitrogen and oxygen atoms in total. The highest BCUT2D eigenvalue weighted by molar-refractivity contribution is 5.76. The van der Waals surface area contributed by atoms with E-state index in [1.807, 2.05) is 0 Å². The number of nitrogens with one attached hydrogen (secondary N) is 1. The van der Waals surface area contributed by atoms with Gasteiger partial charge in [-0.25, -0.2) is 0 Å². The van der Waals surface area contributed by atoms with E-state index >= 15 is 0 Å². The Labute approximate surface area is 399 Å². The molecule has 0 bridgehead atoms. The van der Waals surface area contributed by atoms with Gasteiger partial charge in [0, 0.05) is 12.8 Å². The molecule has 0 heterocycles. The highest BCUT2D eigenvalue weighted by atomic mass is 16.5. The van der Waals surface area contributed by atoms with Crippen LogP contribution in [-0.4, -0.2) is 47.4 Å². The van der Waals surface area contributed by atoms with Gasteiger partial charge in [0.05, 0.1) is 25.4 Å². The highest BCUT2D eigenvalue weighted by Gasteiger charge is 2.20. The Hall–Kier alpha value is -1.40. The maximum atomic E-state index is 12.5. The number of hydrogen-bond donors (Lipinski definition) is 3. The molecule has 0 aliphatic carbocycles. The van der Waals surface area contributed by atoms with Gasteiger partial charge in [-0.2, -0.15) is 0 Å². The first kappa shape index (κ1) is 62.6. The zero-order chi connectivity index (χ0) is 46.5. The number of unbranched alkanes of at least 4 members (excludes halogenated alkanes) is 41. The van der Waals surface area contributed by atoms with Gasteiger partial charge in [-0.3, -0.25) is 9.59 Å². The van der Waals surface area contributed by atoms with Crippen LogP contribution < -0.4 is 5.32 Å². The molecule has 6 heteroatoms. The Kier molecular flexibility index (Phi) is 53.0. The molecule has 0 aliphatic rings. The zero-order valence-electron chi connectivity index (χ0n) is 43.3. The molecule has 1 amide bonds. The lowest BCUT2D eigenvalue weighted by Crippen LogP contribution is -2.45. The van der Waals surface area contributed by atoms with Crippen LogP contribution in [0.1, 0.15) is 322 Å².